The summed E-state index contributed by atoms with van der Waals surface area (Å²) in [5.41, 5.74) is 0. The molecule has 0 bridgehead atoms. The number of hydrogen-bond acceptors (Lipinski definition) is 6. The Balaban J connectivity index is 2.43. The Bertz CT molecular complexity index is 461. The minimum absolute atomic E-state index is 0.145. The van der Waals surface area contributed by atoms with Gasteiger partial charge < -0.3 is 0 Å². The van der Waals surface area contributed by atoms with Crippen molar-refractivity contribution < 1.29 is 12.3 Å². The van der Waals surface area contributed by atoms with Crippen molar-refractivity contribution in [2.75, 3.05) is 0 Å². The molecule has 2 heterocycles. The zero-order chi connectivity index (χ0) is 9.47. The quantitative estimate of drug-likeness (QED) is 0.497. The second-order valence-corrected chi connectivity index (χ2v) is 3.55. The van der Waals surface area contributed by atoms with E-state index in [-0.39, 0.29) is 5.84 Å². The van der Waals surface area contributed by atoms with E-state index in [1.807, 2.05) is 0 Å². The average Bonchev–Trinajstić information content (AvgIpc) is 2.47. The first-order chi connectivity index (χ1) is 6.07. The van der Waals surface area contributed by atoms with Crippen LogP contribution in [-0.2, 0) is 10.2 Å². The van der Waals surface area contributed by atoms with Gasteiger partial charge in [0.2, 0.25) is 0 Å². The highest BCUT2D eigenvalue weighted by Crippen LogP contribution is 2.10. The minimum Gasteiger partial charge on any atom is -0.256 e. The molecule has 0 aromatic heterocycles. The van der Waals surface area contributed by atoms with Gasteiger partial charge in [0, 0.05) is 6.21 Å². The monoisotopic (exact) mass is 202 g/mol. The maximum atomic E-state index is 12.4. The molecule has 68 valence electrons. The predicted octanol–water partition coefficient (Wildman–Crippen LogP) is -0.465. The van der Waals surface area contributed by atoms with Crippen molar-refractivity contribution >= 4 is 33.8 Å². The van der Waals surface area contributed by atoms with Crippen molar-refractivity contribution in [3.8, 4) is 0 Å². The average molecular weight is 202 g/mol. The Labute approximate surface area is 72.9 Å². The Hall–Kier alpha value is -1.44. The molecule has 0 aromatic carbocycles. The molecule has 8 heteroatoms. The zero-order valence-electron chi connectivity index (χ0n) is 6.12. The second-order valence-electron chi connectivity index (χ2n) is 2.31. The SMILES string of the molecule is O=S(=O)(F)C1=NC2=NC=NC2C=N1. The van der Waals surface area contributed by atoms with Gasteiger partial charge in [-0.05, 0) is 0 Å². The Morgan fingerprint density at radius 1 is 1.46 bits per heavy atom. The third-order valence-electron chi connectivity index (χ3n) is 1.44. The number of nitrogens with zero attached hydrogens (tertiary/aromatic N) is 4. The van der Waals surface area contributed by atoms with Gasteiger partial charge in [-0.3, -0.25) is 4.99 Å². The van der Waals surface area contributed by atoms with Gasteiger partial charge in [-0.1, -0.05) is 3.89 Å². The van der Waals surface area contributed by atoms with Crippen molar-refractivity contribution in [1.82, 2.24) is 0 Å². The molecule has 0 aromatic rings. The molecule has 0 spiro atoms. The van der Waals surface area contributed by atoms with Gasteiger partial charge in [0.15, 0.2) is 5.84 Å². The summed E-state index contributed by atoms with van der Waals surface area (Å²) in [5.74, 6) is 0.145. The molecule has 0 fully saturated rings. The first-order valence-electron chi connectivity index (χ1n) is 3.24. The molecule has 6 nitrogen and oxygen atoms in total. The smallest absolute Gasteiger partial charge is 0.256 e. The fourth-order valence-corrected chi connectivity index (χ4v) is 1.28. The zero-order valence-corrected chi connectivity index (χ0v) is 6.94. The highest BCUT2D eigenvalue weighted by atomic mass is 32.3. The number of halogens is 1. The van der Waals surface area contributed by atoms with Crippen LogP contribution in [0.1, 0.15) is 0 Å². The summed E-state index contributed by atoms with van der Waals surface area (Å²) in [5, 5.41) is -0.868. The molecule has 1 atom stereocenters. The van der Waals surface area contributed by atoms with Crippen molar-refractivity contribution in [2.45, 2.75) is 6.04 Å². The van der Waals surface area contributed by atoms with Crippen LogP contribution in [0.25, 0.3) is 0 Å². The van der Waals surface area contributed by atoms with Gasteiger partial charge in [0.1, 0.15) is 12.4 Å². The first-order valence-corrected chi connectivity index (χ1v) is 4.62. The van der Waals surface area contributed by atoms with E-state index in [9.17, 15) is 12.3 Å². The van der Waals surface area contributed by atoms with Gasteiger partial charge in [-0.25, -0.2) is 9.98 Å². The Morgan fingerprint density at radius 3 is 2.92 bits per heavy atom. The lowest BCUT2D eigenvalue weighted by Crippen LogP contribution is -2.24. The van der Waals surface area contributed by atoms with Gasteiger partial charge in [-0.2, -0.15) is 13.4 Å². The van der Waals surface area contributed by atoms with Crippen LogP contribution in [0.15, 0.2) is 20.0 Å². The van der Waals surface area contributed by atoms with E-state index in [1.54, 1.807) is 0 Å². The van der Waals surface area contributed by atoms with Crippen LogP contribution in [-0.4, -0.2) is 38.0 Å². The number of aliphatic imine (C=N–C) groups is 4. The van der Waals surface area contributed by atoms with E-state index in [0.717, 1.165) is 0 Å². The van der Waals surface area contributed by atoms with Gasteiger partial charge >= 0.3 is 10.2 Å². The van der Waals surface area contributed by atoms with Crippen molar-refractivity contribution in [2.24, 2.45) is 20.0 Å². The molecule has 0 saturated heterocycles. The van der Waals surface area contributed by atoms with E-state index in [0.29, 0.717) is 0 Å². The number of fused-ring (bicyclic) bond motifs is 1. The van der Waals surface area contributed by atoms with Gasteiger partial charge in [0.05, 0.1) is 0 Å². The maximum Gasteiger partial charge on any atom is 0.368 e. The molecule has 2 aliphatic rings. The number of hydrogen-bond donors (Lipinski definition) is 0. The largest absolute Gasteiger partial charge is 0.368 e. The summed E-state index contributed by atoms with van der Waals surface area (Å²) in [4.78, 5) is 14.1. The van der Waals surface area contributed by atoms with Crippen LogP contribution >= 0.6 is 0 Å². The van der Waals surface area contributed by atoms with E-state index in [1.165, 1.54) is 12.6 Å². The van der Waals surface area contributed by atoms with Crippen LogP contribution in [0.3, 0.4) is 0 Å². The van der Waals surface area contributed by atoms with Gasteiger partial charge in [-0.15, -0.1) is 0 Å². The third-order valence-corrected chi connectivity index (χ3v) is 2.07. The maximum absolute atomic E-state index is 12.4. The van der Waals surface area contributed by atoms with Crippen LogP contribution in [0.5, 0.6) is 0 Å². The van der Waals surface area contributed by atoms with Crippen molar-refractivity contribution in [3.63, 3.8) is 0 Å². The third kappa shape index (κ3) is 1.39. The number of amidine groups is 2. The van der Waals surface area contributed by atoms with Crippen molar-refractivity contribution in [3.05, 3.63) is 0 Å². The Morgan fingerprint density at radius 2 is 2.23 bits per heavy atom. The fourth-order valence-electron chi connectivity index (χ4n) is 0.886. The van der Waals surface area contributed by atoms with Crippen molar-refractivity contribution in [1.29, 1.82) is 0 Å². The molecule has 2 aliphatic heterocycles. The molecular weight excluding hydrogens is 199 g/mol. The van der Waals surface area contributed by atoms with E-state index >= 15 is 0 Å². The lowest BCUT2D eigenvalue weighted by Gasteiger charge is -2.05. The van der Waals surface area contributed by atoms with E-state index in [2.05, 4.69) is 20.0 Å². The second kappa shape index (κ2) is 2.52. The highest BCUT2D eigenvalue weighted by Gasteiger charge is 2.26. The van der Waals surface area contributed by atoms with E-state index in [4.69, 9.17) is 0 Å². The summed E-state index contributed by atoms with van der Waals surface area (Å²) in [7, 11) is -4.85. The Kier molecular flexibility index (Phi) is 1.59. The molecular formula is C5H3FN4O2S. The normalized spacial score (nSPS) is 25.5. The number of rotatable bonds is 0. The molecule has 0 amide bonds. The summed E-state index contributed by atoms with van der Waals surface area (Å²) in [6, 6.07) is -0.467. The summed E-state index contributed by atoms with van der Waals surface area (Å²) in [6.45, 7) is 0. The lowest BCUT2D eigenvalue weighted by atomic mass is 10.3. The molecule has 0 aliphatic carbocycles. The standard InChI is InChI=1S/C5H3FN4O2S/c6-13(11,12)5-7-1-3-4(10-5)9-2-8-3/h1-3H. The highest BCUT2D eigenvalue weighted by molar-refractivity contribution is 8.02. The van der Waals surface area contributed by atoms with Crippen LogP contribution < -0.4 is 0 Å². The molecule has 1 unspecified atom stereocenters. The molecule has 0 saturated carbocycles. The van der Waals surface area contributed by atoms with E-state index < -0.39 is 21.4 Å². The fraction of sp³-hybridized carbons (Fsp3) is 0.200. The minimum atomic E-state index is -4.85. The van der Waals surface area contributed by atoms with Crippen LogP contribution in [0, 0.1) is 0 Å². The van der Waals surface area contributed by atoms with Crippen LogP contribution in [0.2, 0.25) is 0 Å². The molecule has 13 heavy (non-hydrogen) atoms. The lowest BCUT2D eigenvalue weighted by molar-refractivity contribution is 0.566. The summed E-state index contributed by atoms with van der Waals surface area (Å²) in [6.07, 6.45) is 2.41. The summed E-state index contributed by atoms with van der Waals surface area (Å²) < 4.78 is 33.1. The predicted molar refractivity (Wildman–Crippen MR) is 45.7 cm³/mol. The molecule has 2 rings (SSSR count). The van der Waals surface area contributed by atoms with Crippen LogP contribution in [0.4, 0.5) is 3.89 Å². The first kappa shape index (κ1) is 8.17. The topological polar surface area (TPSA) is 83.6 Å². The molecule has 0 N–H and O–H groups in total. The summed E-state index contributed by atoms with van der Waals surface area (Å²) >= 11 is 0. The van der Waals surface area contributed by atoms with Gasteiger partial charge in [0.25, 0.3) is 5.17 Å². The molecule has 0 radical (unpaired) electrons.